The summed E-state index contributed by atoms with van der Waals surface area (Å²) in [5.41, 5.74) is 0. The molecule has 0 spiro atoms. The van der Waals surface area contributed by atoms with Crippen LogP contribution in [0.3, 0.4) is 0 Å². The minimum absolute atomic E-state index is 0.687. The maximum atomic E-state index is 9.97. The molecule has 0 aromatic heterocycles. The Labute approximate surface area is 77.0 Å². The summed E-state index contributed by atoms with van der Waals surface area (Å²) >= 11 is 0. The third-order valence-corrected chi connectivity index (χ3v) is 2.31. The van der Waals surface area contributed by atoms with Crippen molar-refractivity contribution in [2.24, 2.45) is 0 Å². The van der Waals surface area contributed by atoms with E-state index >= 15 is 0 Å². The lowest BCUT2D eigenvalue weighted by Gasteiger charge is -1.99. The van der Waals surface area contributed by atoms with E-state index < -0.39 is 8.69 Å². The molecule has 12 heavy (non-hydrogen) atoms. The van der Waals surface area contributed by atoms with E-state index in [1.807, 2.05) is 0 Å². The summed E-state index contributed by atoms with van der Waals surface area (Å²) in [6.07, 6.45) is 8.98. The van der Waals surface area contributed by atoms with Gasteiger partial charge in [-0.3, -0.25) is 4.57 Å². The van der Waals surface area contributed by atoms with Crippen LogP contribution in [0, 0.1) is 0 Å². The smallest absolute Gasteiger partial charge is 0.179 e. The van der Waals surface area contributed by atoms with Gasteiger partial charge in [-0.1, -0.05) is 45.4 Å². The Morgan fingerprint density at radius 3 is 2.17 bits per heavy atom. The van der Waals surface area contributed by atoms with Crippen LogP contribution < -0.4 is 0 Å². The van der Waals surface area contributed by atoms with E-state index in [4.69, 9.17) is 4.52 Å². The van der Waals surface area contributed by atoms with Crippen molar-refractivity contribution in [2.45, 2.75) is 51.9 Å². The lowest BCUT2D eigenvalue weighted by molar-refractivity contribution is 0.328. The second-order valence-corrected chi connectivity index (χ2v) is 3.61. The van der Waals surface area contributed by atoms with Crippen molar-refractivity contribution in [1.82, 2.24) is 0 Å². The number of hydrogen-bond acceptors (Lipinski definition) is 2. The zero-order valence-corrected chi connectivity index (χ0v) is 9.21. The Morgan fingerprint density at radius 1 is 1.00 bits per heavy atom. The van der Waals surface area contributed by atoms with Crippen LogP contribution in [0.15, 0.2) is 0 Å². The number of rotatable bonds is 9. The molecule has 0 aromatic rings. The molecule has 0 saturated carbocycles. The van der Waals surface area contributed by atoms with E-state index in [1.165, 1.54) is 38.5 Å². The lowest BCUT2D eigenvalue weighted by atomic mass is 10.1. The van der Waals surface area contributed by atoms with Gasteiger partial charge in [-0.25, -0.2) is 0 Å². The predicted octanol–water partition coefficient (Wildman–Crippen LogP) is 3.42. The van der Waals surface area contributed by atoms with Crippen LogP contribution in [0.5, 0.6) is 0 Å². The molecule has 2 nitrogen and oxygen atoms in total. The molecule has 1 unspecified atom stereocenters. The van der Waals surface area contributed by atoms with Gasteiger partial charge in [0.1, 0.15) is 0 Å². The van der Waals surface area contributed by atoms with Gasteiger partial charge in [0.05, 0.1) is 6.61 Å². The molecular formula is C9H21O2P. The Hall–Kier alpha value is 0.190. The molecule has 0 heterocycles. The van der Waals surface area contributed by atoms with E-state index in [-0.39, 0.29) is 0 Å². The minimum atomic E-state index is -0.982. The molecule has 0 aliphatic carbocycles. The Bertz CT molecular complexity index is 96.5. The maximum Gasteiger partial charge on any atom is 0.179 e. The summed E-state index contributed by atoms with van der Waals surface area (Å²) in [5.74, 6) is 0. The van der Waals surface area contributed by atoms with E-state index in [1.54, 1.807) is 0 Å². The van der Waals surface area contributed by atoms with Crippen LogP contribution in [0.4, 0.5) is 0 Å². The van der Waals surface area contributed by atoms with Gasteiger partial charge < -0.3 is 4.52 Å². The zero-order chi connectivity index (χ0) is 9.07. The monoisotopic (exact) mass is 192 g/mol. The summed E-state index contributed by atoms with van der Waals surface area (Å²) < 4.78 is 14.8. The first-order chi connectivity index (χ1) is 5.91. The van der Waals surface area contributed by atoms with E-state index in [2.05, 4.69) is 6.92 Å². The molecular weight excluding hydrogens is 171 g/mol. The summed E-state index contributed by atoms with van der Waals surface area (Å²) in [4.78, 5) is 0. The normalized spacial score (nSPS) is 11.4. The molecule has 0 N–H and O–H groups in total. The van der Waals surface area contributed by atoms with E-state index in [0.717, 1.165) is 6.42 Å². The van der Waals surface area contributed by atoms with Gasteiger partial charge in [0, 0.05) is 0 Å². The molecule has 74 valence electrons. The van der Waals surface area contributed by atoms with Crippen molar-refractivity contribution in [3.63, 3.8) is 0 Å². The van der Waals surface area contributed by atoms with Gasteiger partial charge in [-0.2, -0.15) is 0 Å². The Kier molecular flexibility index (Phi) is 11.4. The summed E-state index contributed by atoms with van der Waals surface area (Å²) in [5, 5.41) is 0. The molecule has 1 atom stereocenters. The summed E-state index contributed by atoms with van der Waals surface area (Å²) in [6, 6.07) is 0. The highest BCUT2D eigenvalue weighted by Crippen LogP contribution is 2.07. The predicted molar refractivity (Wildman–Crippen MR) is 54.3 cm³/mol. The average Bonchev–Trinajstić information content (AvgIpc) is 2.10. The first-order valence-electron chi connectivity index (χ1n) is 4.97. The highest BCUT2D eigenvalue weighted by molar-refractivity contribution is 7.17. The molecule has 0 saturated heterocycles. The fourth-order valence-electron chi connectivity index (χ4n) is 1.19. The van der Waals surface area contributed by atoms with E-state index in [9.17, 15) is 4.57 Å². The van der Waals surface area contributed by atoms with Crippen molar-refractivity contribution in [3.8, 4) is 0 Å². The van der Waals surface area contributed by atoms with Crippen molar-refractivity contribution in [1.29, 1.82) is 0 Å². The fraction of sp³-hybridized carbons (Fsp3) is 1.00. The Balaban J connectivity index is 2.77. The second kappa shape index (κ2) is 11.2. The highest BCUT2D eigenvalue weighted by atomic mass is 31.1. The largest absolute Gasteiger partial charge is 0.332 e. The molecule has 0 amide bonds. The third-order valence-electron chi connectivity index (χ3n) is 1.93. The van der Waals surface area contributed by atoms with Gasteiger partial charge in [0.25, 0.3) is 0 Å². The first-order valence-corrected chi connectivity index (χ1v) is 5.91. The summed E-state index contributed by atoms with van der Waals surface area (Å²) in [6.45, 7) is 2.91. The van der Waals surface area contributed by atoms with Crippen molar-refractivity contribution < 1.29 is 9.09 Å². The molecule has 0 bridgehead atoms. The first kappa shape index (κ1) is 12.2. The number of unbranched alkanes of at least 4 members (excludes halogenated alkanes) is 6. The van der Waals surface area contributed by atoms with Crippen molar-refractivity contribution >= 4 is 8.69 Å². The molecule has 0 aliphatic rings. The molecule has 3 heteroatoms. The SMILES string of the molecule is CCCCCCCCCO[PH2]=O. The minimum Gasteiger partial charge on any atom is -0.332 e. The van der Waals surface area contributed by atoms with Crippen LogP contribution in [-0.2, 0) is 9.09 Å². The van der Waals surface area contributed by atoms with Crippen molar-refractivity contribution in [2.75, 3.05) is 6.61 Å². The highest BCUT2D eigenvalue weighted by Gasteiger charge is 1.89. The van der Waals surface area contributed by atoms with Gasteiger partial charge in [-0.05, 0) is 6.42 Å². The average molecular weight is 192 g/mol. The third kappa shape index (κ3) is 10.2. The quantitative estimate of drug-likeness (QED) is 0.413. The van der Waals surface area contributed by atoms with E-state index in [0.29, 0.717) is 6.61 Å². The molecule has 0 aliphatic heterocycles. The number of hydrogen-bond donors (Lipinski definition) is 0. The Morgan fingerprint density at radius 2 is 1.58 bits per heavy atom. The second-order valence-electron chi connectivity index (χ2n) is 3.09. The zero-order valence-electron chi connectivity index (χ0n) is 8.05. The van der Waals surface area contributed by atoms with Crippen LogP contribution >= 0.6 is 8.69 Å². The summed E-state index contributed by atoms with van der Waals surface area (Å²) in [7, 11) is -0.982. The molecule has 0 radical (unpaired) electrons. The molecule has 0 rings (SSSR count). The standard InChI is InChI=1S/C9H21O2P/c1-2-3-4-5-6-7-8-9-11-12-10/h2-9,12H2,1H3. The van der Waals surface area contributed by atoms with Gasteiger partial charge in [0.2, 0.25) is 0 Å². The molecule has 0 aromatic carbocycles. The van der Waals surface area contributed by atoms with Gasteiger partial charge in [0.15, 0.2) is 8.69 Å². The van der Waals surface area contributed by atoms with Gasteiger partial charge >= 0.3 is 0 Å². The van der Waals surface area contributed by atoms with Crippen LogP contribution in [0.25, 0.3) is 0 Å². The lowest BCUT2D eigenvalue weighted by Crippen LogP contribution is -1.85. The topological polar surface area (TPSA) is 26.3 Å². The van der Waals surface area contributed by atoms with Crippen molar-refractivity contribution in [3.05, 3.63) is 0 Å². The fourth-order valence-corrected chi connectivity index (χ4v) is 1.45. The molecule has 0 fully saturated rings. The van der Waals surface area contributed by atoms with Crippen LogP contribution in [0.2, 0.25) is 0 Å². The van der Waals surface area contributed by atoms with Gasteiger partial charge in [-0.15, -0.1) is 0 Å². The van der Waals surface area contributed by atoms with Crippen LogP contribution in [-0.4, -0.2) is 6.61 Å². The maximum absolute atomic E-state index is 9.97. The van der Waals surface area contributed by atoms with Crippen LogP contribution in [0.1, 0.15) is 51.9 Å².